The van der Waals surface area contributed by atoms with Gasteiger partial charge in [0.1, 0.15) is 0 Å². The fourth-order valence-electron chi connectivity index (χ4n) is 3.02. The summed E-state index contributed by atoms with van der Waals surface area (Å²) in [5.41, 5.74) is 2.06. The van der Waals surface area contributed by atoms with Gasteiger partial charge in [-0.05, 0) is 39.0 Å². The molecule has 2 atom stereocenters. The molecule has 7 heteroatoms. The molecule has 0 aliphatic carbocycles. The van der Waals surface area contributed by atoms with E-state index in [-0.39, 0.29) is 18.0 Å². The first-order chi connectivity index (χ1) is 11.0. The lowest BCUT2D eigenvalue weighted by atomic mass is 10.1. The van der Waals surface area contributed by atoms with Crippen molar-refractivity contribution in [2.45, 2.75) is 32.9 Å². The van der Waals surface area contributed by atoms with Gasteiger partial charge in [0, 0.05) is 29.6 Å². The van der Waals surface area contributed by atoms with E-state index < -0.39 is 0 Å². The van der Waals surface area contributed by atoms with Crippen molar-refractivity contribution >= 4 is 21.8 Å². The average Bonchev–Trinajstić information content (AvgIpc) is 2.87. The van der Waals surface area contributed by atoms with Gasteiger partial charge >= 0.3 is 0 Å². The van der Waals surface area contributed by atoms with Crippen LogP contribution in [0.1, 0.15) is 30.0 Å². The zero-order chi connectivity index (χ0) is 16.6. The fraction of sp³-hybridized carbons (Fsp3) is 0.438. The van der Waals surface area contributed by atoms with Crippen molar-refractivity contribution in [1.82, 2.24) is 25.2 Å². The van der Waals surface area contributed by atoms with Gasteiger partial charge in [-0.2, -0.15) is 0 Å². The lowest BCUT2D eigenvalue weighted by Gasteiger charge is -2.35. The number of nitrogens with one attached hydrogen (secondary N) is 1. The Bertz CT molecular complexity index is 719. The van der Waals surface area contributed by atoms with Crippen LogP contribution in [-0.4, -0.2) is 51.0 Å². The largest absolute Gasteiger partial charge is 0.334 e. The first-order valence-electron chi connectivity index (χ1n) is 7.69. The van der Waals surface area contributed by atoms with E-state index in [1.807, 2.05) is 36.1 Å². The number of hydrogen-bond acceptors (Lipinski definition) is 4. The third-order valence-corrected chi connectivity index (χ3v) is 4.49. The Balaban J connectivity index is 1.88. The van der Waals surface area contributed by atoms with Crippen molar-refractivity contribution < 1.29 is 4.79 Å². The summed E-state index contributed by atoms with van der Waals surface area (Å²) in [6.07, 6.45) is 0. The van der Waals surface area contributed by atoms with Crippen LogP contribution in [0.4, 0.5) is 0 Å². The Hall–Kier alpha value is -1.73. The summed E-state index contributed by atoms with van der Waals surface area (Å²) in [6.45, 7) is 7.42. The molecule has 2 unspecified atom stereocenters. The normalized spacial score (nSPS) is 21.5. The standard InChI is InChI=1S/C16H20BrN5O/c1-10-8-21(9-11(2)18-10)16(23)15-12(3)22(20-19-15)14-6-4-5-13(17)7-14/h4-7,10-11,18H,8-9H2,1-3H3. The second-order valence-electron chi connectivity index (χ2n) is 6.09. The minimum absolute atomic E-state index is 0.0519. The van der Waals surface area contributed by atoms with Gasteiger partial charge < -0.3 is 10.2 Å². The molecule has 0 spiro atoms. The predicted molar refractivity (Wildman–Crippen MR) is 91.8 cm³/mol. The second-order valence-corrected chi connectivity index (χ2v) is 7.01. The number of carbonyl (C=O) groups is 1. The quantitative estimate of drug-likeness (QED) is 0.870. The van der Waals surface area contributed by atoms with Gasteiger partial charge in [-0.25, -0.2) is 4.68 Å². The lowest BCUT2D eigenvalue weighted by Crippen LogP contribution is -2.56. The van der Waals surface area contributed by atoms with Crippen LogP contribution in [0.15, 0.2) is 28.7 Å². The van der Waals surface area contributed by atoms with Crippen LogP contribution in [0.5, 0.6) is 0 Å². The molecule has 1 fully saturated rings. The summed E-state index contributed by atoms with van der Waals surface area (Å²) in [5.74, 6) is -0.0519. The van der Waals surface area contributed by atoms with Gasteiger partial charge in [0.05, 0.1) is 11.4 Å². The van der Waals surface area contributed by atoms with E-state index in [4.69, 9.17) is 0 Å². The molecule has 6 nitrogen and oxygen atoms in total. The molecule has 1 N–H and O–H groups in total. The molecule has 1 aromatic heterocycles. The molecule has 1 aromatic carbocycles. The van der Waals surface area contributed by atoms with Crippen LogP contribution in [0.3, 0.4) is 0 Å². The third kappa shape index (κ3) is 3.30. The van der Waals surface area contributed by atoms with Crippen LogP contribution < -0.4 is 5.32 Å². The summed E-state index contributed by atoms with van der Waals surface area (Å²) in [4.78, 5) is 14.7. The summed E-state index contributed by atoms with van der Waals surface area (Å²) in [5, 5.41) is 11.7. The fourth-order valence-corrected chi connectivity index (χ4v) is 3.41. The highest BCUT2D eigenvalue weighted by atomic mass is 79.9. The summed E-state index contributed by atoms with van der Waals surface area (Å²) >= 11 is 3.45. The minimum Gasteiger partial charge on any atom is -0.334 e. The number of benzene rings is 1. The van der Waals surface area contributed by atoms with Crippen molar-refractivity contribution in [3.63, 3.8) is 0 Å². The van der Waals surface area contributed by atoms with Crippen LogP contribution in [0, 0.1) is 6.92 Å². The number of piperazine rings is 1. The molecule has 3 rings (SSSR count). The smallest absolute Gasteiger partial charge is 0.276 e. The first-order valence-corrected chi connectivity index (χ1v) is 8.48. The highest BCUT2D eigenvalue weighted by Crippen LogP contribution is 2.18. The molecule has 1 saturated heterocycles. The highest BCUT2D eigenvalue weighted by Gasteiger charge is 2.28. The molecule has 2 aromatic rings. The average molecular weight is 378 g/mol. The molecule has 1 aliphatic rings. The molecule has 1 aliphatic heterocycles. The Kier molecular flexibility index (Phi) is 4.50. The zero-order valence-electron chi connectivity index (χ0n) is 13.5. The van der Waals surface area contributed by atoms with E-state index in [2.05, 4.69) is 45.4 Å². The second kappa shape index (κ2) is 6.41. The highest BCUT2D eigenvalue weighted by molar-refractivity contribution is 9.10. The number of carbonyl (C=O) groups excluding carboxylic acids is 1. The minimum atomic E-state index is -0.0519. The maximum Gasteiger partial charge on any atom is 0.276 e. The van der Waals surface area contributed by atoms with Crippen LogP contribution in [0.25, 0.3) is 5.69 Å². The van der Waals surface area contributed by atoms with E-state index in [9.17, 15) is 4.79 Å². The van der Waals surface area contributed by atoms with E-state index in [0.717, 1.165) is 15.9 Å². The Morgan fingerprint density at radius 1 is 1.30 bits per heavy atom. The maximum absolute atomic E-state index is 12.8. The van der Waals surface area contributed by atoms with Gasteiger partial charge in [0.15, 0.2) is 5.69 Å². The van der Waals surface area contributed by atoms with Gasteiger partial charge in [-0.3, -0.25) is 4.79 Å². The number of rotatable bonds is 2. The van der Waals surface area contributed by atoms with E-state index in [1.165, 1.54) is 0 Å². The topological polar surface area (TPSA) is 63.1 Å². The van der Waals surface area contributed by atoms with E-state index in [0.29, 0.717) is 18.8 Å². The van der Waals surface area contributed by atoms with Crippen molar-refractivity contribution in [1.29, 1.82) is 0 Å². The van der Waals surface area contributed by atoms with Gasteiger partial charge in [-0.1, -0.05) is 27.2 Å². The number of aromatic nitrogens is 3. The van der Waals surface area contributed by atoms with Crippen LogP contribution in [0.2, 0.25) is 0 Å². The molecular formula is C16H20BrN5O. The maximum atomic E-state index is 12.8. The SMILES string of the molecule is Cc1c(C(=O)N2CC(C)NC(C)C2)nnn1-c1cccc(Br)c1. The van der Waals surface area contributed by atoms with E-state index in [1.54, 1.807) is 4.68 Å². The van der Waals surface area contributed by atoms with Crippen molar-refractivity contribution in [3.05, 3.63) is 40.1 Å². The van der Waals surface area contributed by atoms with Crippen molar-refractivity contribution in [2.75, 3.05) is 13.1 Å². The number of amides is 1. The summed E-state index contributed by atoms with van der Waals surface area (Å²) < 4.78 is 2.66. The lowest BCUT2D eigenvalue weighted by molar-refractivity contribution is 0.0667. The van der Waals surface area contributed by atoms with Crippen LogP contribution >= 0.6 is 15.9 Å². The molecule has 23 heavy (non-hydrogen) atoms. The molecule has 2 heterocycles. The summed E-state index contributed by atoms with van der Waals surface area (Å²) in [6, 6.07) is 8.33. The Morgan fingerprint density at radius 3 is 2.65 bits per heavy atom. The number of hydrogen-bond donors (Lipinski definition) is 1. The first kappa shape index (κ1) is 16.1. The Labute approximate surface area is 144 Å². The molecule has 0 bridgehead atoms. The van der Waals surface area contributed by atoms with Crippen molar-refractivity contribution in [2.24, 2.45) is 0 Å². The third-order valence-electron chi connectivity index (χ3n) is 3.99. The predicted octanol–water partition coefficient (Wildman–Crippen LogP) is 2.16. The Morgan fingerprint density at radius 2 is 2.00 bits per heavy atom. The van der Waals surface area contributed by atoms with Crippen LogP contribution in [-0.2, 0) is 0 Å². The van der Waals surface area contributed by atoms with E-state index >= 15 is 0 Å². The van der Waals surface area contributed by atoms with Gasteiger partial charge in [-0.15, -0.1) is 5.10 Å². The molecule has 1 amide bonds. The zero-order valence-corrected chi connectivity index (χ0v) is 15.0. The van der Waals surface area contributed by atoms with Gasteiger partial charge in [0.2, 0.25) is 0 Å². The molecule has 0 saturated carbocycles. The molecular weight excluding hydrogens is 358 g/mol. The molecule has 0 radical (unpaired) electrons. The van der Waals surface area contributed by atoms with Gasteiger partial charge in [0.25, 0.3) is 5.91 Å². The number of nitrogens with zero attached hydrogens (tertiary/aromatic N) is 4. The number of halogens is 1. The summed E-state index contributed by atoms with van der Waals surface area (Å²) in [7, 11) is 0. The molecule has 122 valence electrons. The monoisotopic (exact) mass is 377 g/mol. The van der Waals surface area contributed by atoms with Crippen molar-refractivity contribution in [3.8, 4) is 5.69 Å².